The summed E-state index contributed by atoms with van der Waals surface area (Å²) >= 11 is 5.80. The fourth-order valence-electron chi connectivity index (χ4n) is 2.07. The molecule has 0 saturated heterocycles. The Labute approximate surface area is 152 Å². The fraction of sp³-hybridized carbons (Fsp3) is 0.211. The quantitative estimate of drug-likeness (QED) is 0.603. The molecular formula is C19H20ClN3O2. The van der Waals surface area contributed by atoms with Crippen LogP contribution in [0.2, 0.25) is 5.02 Å². The van der Waals surface area contributed by atoms with Crippen molar-refractivity contribution in [3.8, 4) is 0 Å². The van der Waals surface area contributed by atoms with Crippen molar-refractivity contribution in [2.45, 2.75) is 20.3 Å². The standard InChI is InChI=1S/C19H20ClN3O2/c1-13(2)11-18(24)22-17-9-5-15(6-10-17)19(25)23-21-12-14-3-7-16(20)8-4-14/h3-10,12-13H,11H2,1-2H3,(H,22,24)(H,23,25). The van der Waals surface area contributed by atoms with Gasteiger partial charge in [-0.15, -0.1) is 0 Å². The number of amides is 2. The lowest BCUT2D eigenvalue weighted by molar-refractivity contribution is -0.116. The molecule has 2 amide bonds. The van der Waals surface area contributed by atoms with E-state index in [2.05, 4.69) is 15.8 Å². The van der Waals surface area contributed by atoms with E-state index in [1.54, 1.807) is 48.5 Å². The number of anilines is 1. The Morgan fingerprint density at radius 1 is 1.08 bits per heavy atom. The number of hydrogen-bond donors (Lipinski definition) is 2. The monoisotopic (exact) mass is 357 g/mol. The second-order valence-electron chi connectivity index (χ2n) is 5.97. The van der Waals surface area contributed by atoms with Gasteiger partial charge in [0.15, 0.2) is 0 Å². The van der Waals surface area contributed by atoms with Crippen LogP contribution in [0.4, 0.5) is 5.69 Å². The van der Waals surface area contributed by atoms with Crippen molar-refractivity contribution in [2.75, 3.05) is 5.32 Å². The minimum atomic E-state index is -0.328. The molecule has 2 N–H and O–H groups in total. The Hall–Kier alpha value is -2.66. The first-order valence-corrected chi connectivity index (χ1v) is 8.30. The normalized spacial score (nSPS) is 10.9. The predicted octanol–water partition coefficient (Wildman–Crippen LogP) is 4.09. The third kappa shape index (κ3) is 6.39. The number of nitrogens with zero attached hydrogens (tertiary/aromatic N) is 1. The largest absolute Gasteiger partial charge is 0.326 e. The first-order chi connectivity index (χ1) is 11.9. The van der Waals surface area contributed by atoms with Crippen LogP contribution in [-0.2, 0) is 4.79 Å². The molecular weight excluding hydrogens is 338 g/mol. The smallest absolute Gasteiger partial charge is 0.271 e. The zero-order chi connectivity index (χ0) is 18.2. The molecule has 0 aliphatic carbocycles. The number of hydrogen-bond acceptors (Lipinski definition) is 3. The lowest BCUT2D eigenvalue weighted by Crippen LogP contribution is -2.18. The van der Waals surface area contributed by atoms with Gasteiger partial charge >= 0.3 is 0 Å². The summed E-state index contributed by atoms with van der Waals surface area (Å²) in [6, 6.07) is 13.7. The molecule has 5 nitrogen and oxygen atoms in total. The van der Waals surface area contributed by atoms with Gasteiger partial charge in [0.2, 0.25) is 5.91 Å². The molecule has 130 valence electrons. The maximum absolute atomic E-state index is 12.0. The zero-order valence-corrected chi connectivity index (χ0v) is 14.9. The van der Waals surface area contributed by atoms with Gasteiger partial charge in [0, 0.05) is 22.7 Å². The lowest BCUT2D eigenvalue weighted by Gasteiger charge is -2.07. The average Bonchev–Trinajstić information content (AvgIpc) is 2.56. The van der Waals surface area contributed by atoms with Gasteiger partial charge in [0.05, 0.1) is 6.21 Å². The van der Waals surface area contributed by atoms with Crippen LogP contribution in [0.25, 0.3) is 0 Å². The van der Waals surface area contributed by atoms with E-state index in [0.717, 1.165) is 5.56 Å². The molecule has 6 heteroatoms. The number of carbonyl (C=O) groups excluding carboxylic acids is 2. The Kier molecular flexibility index (Phi) is 6.71. The maximum Gasteiger partial charge on any atom is 0.271 e. The third-order valence-electron chi connectivity index (χ3n) is 3.27. The molecule has 25 heavy (non-hydrogen) atoms. The SMILES string of the molecule is CC(C)CC(=O)Nc1ccc(C(=O)NN=Cc2ccc(Cl)cc2)cc1. The number of halogens is 1. The van der Waals surface area contributed by atoms with Gasteiger partial charge in [-0.25, -0.2) is 5.43 Å². The van der Waals surface area contributed by atoms with Gasteiger partial charge in [0.1, 0.15) is 0 Å². The molecule has 0 bridgehead atoms. The minimum absolute atomic E-state index is 0.0419. The van der Waals surface area contributed by atoms with Crippen LogP contribution in [0.5, 0.6) is 0 Å². The molecule has 2 rings (SSSR count). The van der Waals surface area contributed by atoms with E-state index in [1.165, 1.54) is 6.21 Å². The van der Waals surface area contributed by atoms with Gasteiger partial charge in [-0.1, -0.05) is 37.6 Å². The Balaban J connectivity index is 1.89. The molecule has 0 fully saturated rings. The maximum atomic E-state index is 12.0. The van der Waals surface area contributed by atoms with E-state index in [1.807, 2.05) is 13.8 Å². The first-order valence-electron chi connectivity index (χ1n) is 7.93. The summed E-state index contributed by atoms with van der Waals surface area (Å²) in [5.74, 6) is -0.0754. The summed E-state index contributed by atoms with van der Waals surface area (Å²) in [5, 5.41) is 7.35. The van der Waals surface area contributed by atoms with Crippen molar-refractivity contribution >= 4 is 35.3 Å². The van der Waals surface area contributed by atoms with E-state index in [4.69, 9.17) is 11.6 Å². The highest BCUT2D eigenvalue weighted by Gasteiger charge is 2.07. The van der Waals surface area contributed by atoms with Crippen LogP contribution in [0.15, 0.2) is 53.6 Å². The molecule has 0 aliphatic rings. The summed E-state index contributed by atoms with van der Waals surface area (Å²) in [4.78, 5) is 23.8. The Morgan fingerprint density at radius 3 is 2.32 bits per heavy atom. The van der Waals surface area contributed by atoms with Crippen LogP contribution in [-0.4, -0.2) is 18.0 Å². The highest BCUT2D eigenvalue weighted by Crippen LogP contribution is 2.11. The Bertz CT molecular complexity index is 753. The van der Waals surface area contributed by atoms with Crippen LogP contribution in [0, 0.1) is 5.92 Å². The van der Waals surface area contributed by atoms with E-state index >= 15 is 0 Å². The van der Waals surface area contributed by atoms with Crippen molar-refractivity contribution in [3.63, 3.8) is 0 Å². The molecule has 0 aliphatic heterocycles. The van der Waals surface area contributed by atoms with Crippen LogP contribution in [0.1, 0.15) is 36.2 Å². The van der Waals surface area contributed by atoms with E-state index in [9.17, 15) is 9.59 Å². The van der Waals surface area contributed by atoms with Gasteiger partial charge in [-0.3, -0.25) is 9.59 Å². The van der Waals surface area contributed by atoms with Crippen molar-refractivity contribution in [1.82, 2.24) is 5.43 Å². The van der Waals surface area contributed by atoms with Gasteiger partial charge in [-0.05, 0) is 47.9 Å². The summed E-state index contributed by atoms with van der Waals surface area (Å²) in [6.45, 7) is 3.97. The van der Waals surface area contributed by atoms with Crippen molar-refractivity contribution in [3.05, 3.63) is 64.7 Å². The second kappa shape index (κ2) is 8.99. The van der Waals surface area contributed by atoms with Gasteiger partial charge in [-0.2, -0.15) is 5.10 Å². The molecule has 0 atom stereocenters. The topological polar surface area (TPSA) is 70.6 Å². The highest BCUT2D eigenvalue weighted by molar-refractivity contribution is 6.30. The zero-order valence-electron chi connectivity index (χ0n) is 14.1. The molecule has 0 spiro atoms. The summed E-state index contributed by atoms with van der Waals surface area (Å²) < 4.78 is 0. The van der Waals surface area contributed by atoms with Gasteiger partial charge in [0.25, 0.3) is 5.91 Å². The number of nitrogens with one attached hydrogen (secondary N) is 2. The predicted molar refractivity (Wildman–Crippen MR) is 101 cm³/mol. The van der Waals surface area contributed by atoms with E-state index in [0.29, 0.717) is 28.6 Å². The molecule has 2 aromatic carbocycles. The van der Waals surface area contributed by atoms with Crippen molar-refractivity contribution in [1.29, 1.82) is 0 Å². The Morgan fingerprint density at radius 2 is 1.72 bits per heavy atom. The number of hydrazone groups is 1. The minimum Gasteiger partial charge on any atom is -0.326 e. The number of carbonyl (C=O) groups is 2. The van der Waals surface area contributed by atoms with Crippen LogP contribution >= 0.6 is 11.6 Å². The van der Waals surface area contributed by atoms with Crippen LogP contribution < -0.4 is 10.7 Å². The third-order valence-corrected chi connectivity index (χ3v) is 3.53. The van der Waals surface area contributed by atoms with Crippen LogP contribution in [0.3, 0.4) is 0 Å². The molecule has 2 aromatic rings. The lowest BCUT2D eigenvalue weighted by atomic mass is 10.1. The molecule has 0 radical (unpaired) electrons. The summed E-state index contributed by atoms with van der Waals surface area (Å²) in [7, 11) is 0. The molecule has 0 heterocycles. The van der Waals surface area contributed by atoms with E-state index < -0.39 is 0 Å². The number of benzene rings is 2. The highest BCUT2D eigenvalue weighted by atomic mass is 35.5. The number of rotatable bonds is 6. The average molecular weight is 358 g/mol. The van der Waals surface area contributed by atoms with Crippen molar-refractivity contribution < 1.29 is 9.59 Å². The molecule has 0 saturated carbocycles. The molecule has 0 unspecified atom stereocenters. The second-order valence-corrected chi connectivity index (χ2v) is 6.41. The fourth-order valence-corrected chi connectivity index (χ4v) is 2.19. The summed E-state index contributed by atoms with van der Waals surface area (Å²) in [6.07, 6.45) is 2.00. The van der Waals surface area contributed by atoms with Crippen molar-refractivity contribution in [2.24, 2.45) is 11.0 Å². The molecule has 0 aromatic heterocycles. The van der Waals surface area contributed by atoms with Gasteiger partial charge < -0.3 is 5.32 Å². The van der Waals surface area contributed by atoms with E-state index in [-0.39, 0.29) is 11.8 Å². The summed E-state index contributed by atoms with van der Waals surface area (Å²) in [5.41, 5.74) is 4.40. The first kappa shape index (κ1) is 18.7.